The van der Waals surface area contributed by atoms with Crippen LogP contribution in [0.5, 0.6) is 0 Å². The average molecular weight is 363 g/mol. The molecule has 0 aromatic heterocycles. The van der Waals surface area contributed by atoms with Gasteiger partial charge in [-0.15, -0.1) is 12.4 Å². The van der Waals surface area contributed by atoms with Gasteiger partial charge in [0.15, 0.2) is 0 Å². The van der Waals surface area contributed by atoms with E-state index in [9.17, 15) is 16.8 Å². The number of hydrogen-bond donors (Lipinski definition) is 2. The van der Waals surface area contributed by atoms with E-state index < -0.39 is 19.9 Å². The van der Waals surface area contributed by atoms with Gasteiger partial charge in [-0.1, -0.05) is 25.7 Å². The zero-order chi connectivity index (χ0) is 15.1. The molecule has 0 heterocycles. The molecule has 0 atom stereocenters. The molecular weight excluding hydrogens is 336 g/mol. The van der Waals surface area contributed by atoms with Gasteiger partial charge in [0.1, 0.15) is 9.84 Å². The summed E-state index contributed by atoms with van der Waals surface area (Å²) in [5, 5.41) is 3.36. The van der Waals surface area contributed by atoms with Crippen molar-refractivity contribution in [3.63, 3.8) is 0 Å². The normalized spacial score (nSPS) is 18.0. The Hall–Kier alpha value is 0.110. The molecule has 1 aliphatic carbocycles. The summed E-state index contributed by atoms with van der Waals surface area (Å²) < 4.78 is 47.5. The Kier molecular flexibility index (Phi) is 10.0. The van der Waals surface area contributed by atoms with Crippen molar-refractivity contribution in [3.8, 4) is 0 Å². The van der Waals surface area contributed by atoms with Crippen molar-refractivity contribution in [1.82, 2.24) is 10.0 Å². The van der Waals surface area contributed by atoms with Gasteiger partial charge in [0.05, 0.1) is 11.5 Å². The van der Waals surface area contributed by atoms with Gasteiger partial charge in [0.2, 0.25) is 10.0 Å². The van der Waals surface area contributed by atoms with E-state index in [0.29, 0.717) is 19.1 Å². The first-order valence-electron chi connectivity index (χ1n) is 7.17. The quantitative estimate of drug-likeness (QED) is 0.489. The van der Waals surface area contributed by atoms with Gasteiger partial charge in [-0.05, 0) is 12.8 Å². The highest BCUT2D eigenvalue weighted by atomic mass is 35.5. The summed E-state index contributed by atoms with van der Waals surface area (Å²) in [6, 6.07) is 0.484. The van der Waals surface area contributed by atoms with Crippen LogP contribution in [-0.2, 0) is 19.9 Å². The third kappa shape index (κ3) is 11.3. The molecule has 0 spiro atoms. The zero-order valence-corrected chi connectivity index (χ0v) is 15.0. The van der Waals surface area contributed by atoms with Gasteiger partial charge < -0.3 is 5.32 Å². The van der Waals surface area contributed by atoms with E-state index in [-0.39, 0.29) is 23.9 Å². The van der Waals surface area contributed by atoms with Gasteiger partial charge >= 0.3 is 0 Å². The molecule has 9 heteroatoms. The van der Waals surface area contributed by atoms with E-state index in [1.165, 1.54) is 25.7 Å². The largest absolute Gasteiger partial charge is 0.313 e. The Morgan fingerprint density at radius 2 is 1.48 bits per heavy atom. The molecule has 2 N–H and O–H groups in total. The average Bonchev–Trinajstić information content (AvgIpc) is 2.60. The molecule has 128 valence electrons. The van der Waals surface area contributed by atoms with E-state index in [1.54, 1.807) is 0 Å². The summed E-state index contributed by atoms with van der Waals surface area (Å²) >= 11 is 0. The van der Waals surface area contributed by atoms with Crippen molar-refractivity contribution in [3.05, 3.63) is 0 Å². The summed E-state index contributed by atoms with van der Waals surface area (Å²) in [5.41, 5.74) is 0. The highest BCUT2D eigenvalue weighted by Crippen LogP contribution is 2.16. The van der Waals surface area contributed by atoms with Crippen LogP contribution in [-0.4, -0.2) is 53.7 Å². The summed E-state index contributed by atoms with van der Waals surface area (Å²) in [7, 11) is -6.74. The van der Waals surface area contributed by atoms with Gasteiger partial charge in [-0.3, -0.25) is 0 Å². The van der Waals surface area contributed by atoms with E-state index in [4.69, 9.17) is 0 Å². The van der Waals surface area contributed by atoms with Crippen LogP contribution in [0.25, 0.3) is 0 Å². The molecule has 0 radical (unpaired) electrons. The molecule has 6 nitrogen and oxygen atoms in total. The second-order valence-electron chi connectivity index (χ2n) is 5.49. The SMILES string of the molecule is CS(=O)(=O)CCS(=O)(=O)NCCNC1CCCCCC1.Cl. The van der Waals surface area contributed by atoms with E-state index in [2.05, 4.69) is 10.0 Å². The maximum Gasteiger partial charge on any atom is 0.212 e. The van der Waals surface area contributed by atoms with Gasteiger partial charge in [0.25, 0.3) is 0 Å². The number of hydrogen-bond acceptors (Lipinski definition) is 5. The first kappa shape index (κ1) is 21.1. The van der Waals surface area contributed by atoms with E-state index >= 15 is 0 Å². The molecule has 1 rings (SSSR count). The van der Waals surface area contributed by atoms with Crippen molar-refractivity contribution in [2.45, 2.75) is 44.6 Å². The molecule has 0 unspecified atom stereocenters. The van der Waals surface area contributed by atoms with E-state index in [0.717, 1.165) is 19.1 Å². The Bertz CT molecular complexity index is 471. The number of rotatable bonds is 8. The Balaban J connectivity index is 0.00000400. The third-order valence-electron chi connectivity index (χ3n) is 3.46. The molecule has 1 fully saturated rings. The zero-order valence-electron chi connectivity index (χ0n) is 12.5. The maximum atomic E-state index is 11.6. The van der Waals surface area contributed by atoms with Crippen LogP contribution < -0.4 is 10.0 Å². The lowest BCUT2D eigenvalue weighted by molar-refractivity contribution is 0.461. The lowest BCUT2D eigenvalue weighted by atomic mass is 10.1. The van der Waals surface area contributed by atoms with Crippen LogP contribution in [0.1, 0.15) is 38.5 Å². The molecule has 1 saturated carbocycles. The molecule has 0 saturated heterocycles. The van der Waals surface area contributed by atoms with Crippen molar-refractivity contribution in [1.29, 1.82) is 0 Å². The Labute approximate surface area is 134 Å². The van der Waals surface area contributed by atoms with Crippen LogP contribution in [0.4, 0.5) is 0 Å². The Morgan fingerprint density at radius 1 is 0.905 bits per heavy atom. The Morgan fingerprint density at radius 3 is 2.00 bits per heavy atom. The fourth-order valence-electron chi connectivity index (χ4n) is 2.30. The predicted molar refractivity (Wildman–Crippen MR) is 88.2 cm³/mol. The second-order valence-corrected chi connectivity index (χ2v) is 9.67. The standard InChI is InChI=1S/C12H26N2O4S2.ClH/c1-19(15,16)10-11-20(17,18)14-9-8-13-12-6-4-2-3-5-7-12;/h12-14H,2-11H2,1H3;1H. The fraction of sp³-hybridized carbons (Fsp3) is 1.00. The first-order chi connectivity index (χ1) is 9.29. The molecule has 0 aliphatic heterocycles. The molecule has 0 aromatic carbocycles. The minimum absolute atomic E-state index is 0. The lowest BCUT2D eigenvalue weighted by Gasteiger charge is -2.16. The molecule has 0 amide bonds. The smallest absolute Gasteiger partial charge is 0.212 e. The monoisotopic (exact) mass is 362 g/mol. The molecule has 1 aliphatic rings. The van der Waals surface area contributed by atoms with Gasteiger partial charge in [0, 0.05) is 25.4 Å². The lowest BCUT2D eigenvalue weighted by Crippen LogP contribution is -2.38. The van der Waals surface area contributed by atoms with Crippen molar-refractivity contribution >= 4 is 32.3 Å². The van der Waals surface area contributed by atoms with E-state index in [1.807, 2.05) is 0 Å². The minimum Gasteiger partial charge on any atom is -0.313 e. The van der Waals surface area contributed by atoms with Gasteiger partial charge in [-0.25, -0.2) is 21.6 Å². The highest BCUT2D eigenvalue weighted by Gasteiger charge is 2.15. The van der Waals surface area contributed by atoms with Crippen LogP contribution in [0.15, 0.2) is 0 Å². The third-order valence-corrected chi connectivity index (χ3v) is 6.05. The maximum absolute atomic E-state index is 11.6. The summed E-state index contributed by atoms with van der Waals surface area (Å²) in [4.78, 5) is 0. The molecule has 0 bridgehead atoms. The van der Waals surface area contributed by atoms with Crippen LogP contribution in [0.3, 0.4) is 0 Å². The summed E-state index contributed by atoms with van der Waals surface area (Å²) in [5.74, 6) is -0.701. The van der Waals surface area contributed by atoms with Crippen LogP contribution in [0, 0.1) is 0 Å². The highest BCUT2D eigenvalue weighted by molar-refractivity contribution is 7.93. The molecular formula is C12H27ClN2O4S2. The topological polar surface area (TPSA) is 92.3 Å². The molecule has 0 aromatic rings. The van der Waals surface area contributed by atoms with Crippen molar-refractivity contribution in [2.75, 3.05) is 30.9 Å². The predicted octanol–water partition coefficient (Wildman–Crippen LogP) is 0.685. The van der Waals surface area contributed by atoms with Crippen molar-refractivity contribution in [2.24, 2.45) is 0 Å². The van der Waals surface area contributed by atoms with Gasteiger partial charge in [-0.2, -0.15) is 0 Å². The second kappa shape index (κ2) is 9.99. The number of sulfonamides is 1. The molecule has 21 heavy (non-hydrogen) atoms. The number of nitrogens with one attached hydrogen (secondary N) is 2. The summed E-state index contributed by atoms with van der Waals surface area (Å²) in [6.07, 6.45) is 8.39. The minimum atomic E-state index is -3.49. The summed E-state index contributed by atoms with van der Waals surface area (Å²) in [6.45, 7) is 0.894. The number of halogens is 1. The number of sulfone groups is 1. The van der Waals surface area contributed by atoms with Crippen LogP contribution >= 0.6 is 12.4 Å². The van der Waals surface area contributed by atoms with Crippen molar-refractivity contribution < 1.29 is 16.8 Å². The fourth-order valence-corrected chi connectivity index (χ4v) is 4.95. The first-order valence-corrected chi connectivity index (χ1v) is 10.9. The van der Waals surface area contributed by atoms with Crippen LogP contribution in [0.2, 0.25) is 0 Å².